The standard InChI is InChI=1S/C20H29N5O2/c26-14-6-11-21-20(27)19-16-25(23-22-19)18-10-5-13-24(15-18)12-4-9-17-7-2-1-3-8-17/h1-3,7-8,16,18,26H,4-6,9-15H2,(H,21,27)/t18-/m1/s1. The summed E-state index contributed by atoms with van der Waals surface area (Å²) in [4.78, 5) is 14.5. The number of aliphatic hydroxyl groups excluding tert-OH is 1. The Bertz CT molecular complexity index is 703. The topological polar surface area (TPSA) is 83.3 Å². The van der Waals surface area contributed by atoms with E-state index in [1.165, 1.54) is 5.56 Å². The number of hydrogen-bond acceptors (Lipinski definition) is 5. The molecule has 1 amide bonds. The zero-order valence-electron chi connectivity index (χ0n) is 15.8. The highest BCUT2D eigenvalue weighted by Gasteiger charge is 2.23. The maximum Gasteiger partial charge on any atom is 0.273 e. The van der Waals surface area contributed by atoms with Gasteiger partial charge in [0.2, 0.25) is 0 Å². The number of carbonyl (C=O) groups is 1. The Morgan fingerprint density at radius 1 is 1.26 bits per heavy atom. The van der Waals surface area contributed by atoms with E-state index in [9.17, 15) is 4.79 Å². The minimum Gasteiger partial charge on any atom is -0.396 e. The first-order chi connectivity index (χ1) is 13.3. The van der Waals surface area contributed by atoms with Crippen LogP contribution in [0.1, 0.15) is 47.8 Å². The Hall–Kier alpha value is -2.25. The summed E-state index contributed by atoms with van der Waals surface area (Å²) in [6.45, 7) is 3.66. The monoisotopic (exact) mass is 371 g/mol. The Morgan fingerprint density at radius 3 is 2.93 bits per heavy atom. The highest BCUT2D eigenvalue weighted by Crippen LogP contribution is 2.21. The molecule has 1 aliphatic heterocycles. The average molecular weight is 371 g/mol. The van der Waals surface area contributed by atoms with Crippen molar-refractivity contribution in [2.24, 2.45) is 0 Å². The number of likely N-dealkylation sites (tertiary alicyclic amines) is 1. The van der Waals surface area contributed by atoms with Crippen LogP contribution in [0.2, 0.25) is 0 Å². The summed E-state index contributed by atoms with van der Waals surface area (Å²) < 4.78 is 1.84. The van der Waals surface area contributed by atoms with Gasteiger partial charge in [0, 0.05) is 19.7 Å². The number of nitrogens with one attached hydrogen (secondary N) is 1. The number of amides is 1. The molecule has 0 aliphatic carbocycles. The SMILES string of the molecule is O=C(NCCCO)c1cn([C@@H]2CCCN(CCCc3ccccc3)C2)nn1. The van der Waals surface area contributed by atoms with Crippen molar-refractivity contribution in [3.8, 4) is 0 Å². The van der Waals surface area contributed by atoms with Gasteiger partial charge >= 0.3 is 0 Å². The van der Waals surface area contributed by atoms with Crippen molar-refractivity contribution in [3.05, 3.63) is 47.8 Å². The van der Waals surface area contributed by atoms with Gasteiger partial charge in [-0.25, -0.2) is 4.68 Å². The van der Waals surface area contributed by atoms with Gasteiger partial charge in [-0.1, -0.05) is 35.5 Å². The molecule has 27 heavy (non-hydrogen) atoms. The summed E-state index contributed by atoms with van der Waals surface area (Å²) in [5.41, 5.74) is 1.73. The number of piperidine rings is 1. The van der Waals surface area contributed by atoms with Crippen LogP contribution in [0.15, 0.2) is 36.5 Å². The Kier molecular flexibility index (Phi) is 7.36. The third-order valence-electron chi connectivity index (χ3n) is 5.00. The number of aryl methyl sites for hydroxylation is 1. The lowest BCUT2D eigenvalue weighted by Gasteiger charge is -2.32. The predicted molar refractivity (Wildman–Crippen MR) is 104 cm³/mol. The summed E-state index contributed by atoms with van der Waals surface area (Å²) in [6, 6.07) is 10.9. The first kappa shape index (κ1) is 19.5. The highest BCUT2D eigenvalue weighted by atomic mass is 16.3. The van der Waals surface area contributed by atoms with Crippen molar-refractivity contribution < 1.29 is 9.90 Å². The fourth-order valence-corrected chi connectivity index (χ4v) is 3.53. The van der Waals surface area contributed by atoms with Crippen LogP contribution in [0.25, 0.3) is 0 Å². The molecular weight excluding hydrogens is 342 g/mol. The predicted octanol–water partition coefficient (Wildman–Crippen LogP) is 1.66. The van der Waals surface area contributed by atoms with Crippen LogP contribution in [-0.2, 0) is 6.42 Å². The zero-order chi connectivity index (χ0) is 18.9. The molecule has 0 saturated carbocycles. The van der Waals surface area contributed by atoms with Crippen molar-refractivity contribution >= 4 is 5.91 Å². The third-order valence-corrected chi connectivity index (χ3v) is 5.00. The van der Waals surface area contributed by atoms with E-state index in [1.807, 2.05) is 4.68 Å². The van der Waals surface area contributed by atoms with E-state index in [2.05, 4.69) is 50.9 Å². The van der Waals surface area contributed by atoms with E-state index >= 15 is 0 Å². The second-order valence-electron chi connectivity index (χ2n) is 7.10. The minimum absolute atomic E-state index is 0.0646. The van der Waals surface area contributed by atoms with Crippen LogP contribution in [0, 0.1) is 0 Å². The molecule has 3 rings (SSSR count). The van der Waals surface area contributed by atoms with E-state index < -0.39 is 0 Å². The van der Waals surface area contributed by atoms with Crippen LogP contribution in [0.3, 0.4) is 0 Å². The highest BCUT2D eigenvalue weighted by molar-refractivity contribution is 5.91. The molecule has 1 fully saturated rings. The van der Waals surface area contributed by atoms with Crippen molar-refractivity contribution in [2.75, 3.05) is 32.8 Å². The van der Waals surface area contributed by atoms with Crippen molar-refractivity contribution in [1.82, 2.24) is 25.2 Å². The summed E-state index contributed by atoms with van der Waals surface area (Å²) in [5.74, 6) is -0.231. The second-order valence-corrected chi connectivity index (χ2v) is 7.10. The van der Waals surface area contributed by atoms with Crippen molar-refractivity contribution in [1.29, 1.82) is 0 Å². The fourth-order valence-electron chi connectivity index (χ4n) is 3.53. The Morgan fingerprint density at radius 2 is 2.11 bits per heavy atom. The van der Waals surface area contributed by atoms with Gasteiger partial charge in [0.15, 0.2) is 5.69 Å². The molecule has 1 aromatic carbocycles. The first-order valence-corrected chi connectivity index (χ1v) is 9.83. The van der Waals surface area contributed by atoms with Crippen LogP contribution in [-0.4, -0.2) is 63.7 Å². The third kappa shape index (κ3) is 5.87. The van der Waals surface area contributed by atoms with E-state index in [0.717, 1.165) is 45.3 Å². The molecule has 0 spiro atoms. The van der Waals surface area contributed by atoms with Gasteiger partial charge < -0.3 is 15.3 Å². The van der Waals surface area contributed by atoms with E-state index in [-0.39, 0.29) is 18.6 Å². The van der Waals surface area contributed by atoms with Gasteiger partial charge in [-0.3, -0.25) is 4.79 Å². The van der Waals surface area contributed by atoms with E-state index in [1.54, 1.807) is 6.20 Å². The summed E-state index contributed by atoms with van der Waals surface area (Å²) in [5, 5.41) is 19.7. The number of carbonyl (C=O) groups excluding carboxylic acids is 1. The fraction of sp³-hybridized carbons (Fsp3) is 0.550. The molecule has 0 unspecified atom stereocenters. The first-order valence-electron chi connectivity index (χ1n) is 9.83. The van der Waals surface area contributed by atoms with Crippen molar-refractivity contribution in [2.45, 2.75) is 38.1 Å². The largest absolute Gasteiger partial charge is 0.396 e. The van der Waals surface area contributed by atoms with Crippen LogP contribution in [0.4, 0.5) is 0 Å². The number of rotatable bonds is 9. The van der Waals surface area contributed by atoms with Crippen LogP contribution in [0.5, 0.6) is 0 Å². The summed E-state index contributed by atoms with van der Waals surface area (Å²) >= 11 is 0. The normalized spacial score (nSPS) is 17.7. The second kappa shape index (κ2) is 10.2. The number of aliphatic hydroxyl groups is 1. The van der Waals surface area contributed by atoms with Gasteiger partial charge in [0.05, 0.1) is 12.2 Å². The van der Waals surface area contributed by atoms with Gasteiger partial charge in [-0.2, -0.15) is 0 Å². The quantitative estimate of drug-likeness (QED) is 0.655. The summed E-state index contributed by atoms with van der Waals surface area (Å²) in [6.07, 6.45) is 6.72. The average Bonchev–Trinajstić information content (AvgIpc) is 3.20. The lowest BCUT2D eigenvalue weighted by Crippen LogP contribution is -2.37. The van der Waals surface area contributed by atoms with Gasteiger partial charge in [0.25, 0.3) is 5.91 Å². The minimum atomic E-state index is -0.231. The van der Waals surface area contributed by atoms with E-state index in [4.69, 9.17) is 5.11 Å². The molecule has 2 N–H and O–H groups in total. The lowest BCUT2D eigenvalue weighted by atomic mass is 10.0. The molecule has 2 heterocycles. The van der Waals surface area contributed by atoms with Gasteiger partial charge in [0.1, 0.15) is 0 Å². The molecule has 7 heteroatoms. The molecule has 146 valence electrons. The molecule has 1 aliphatic rings. The molecule has 7 nitrogen and oxygen atoms in total. The lowest BCUT2D eigenvalue weighted by molar-refractivity contribution is 0.0946. The molecule has 0 bridgehead atoms. The number of hydrogen-bond donors (Lipinski definition) is 2. The number of benzene rings is 1. The molecule has 1 saturated heterocycles. The van der Waals surface area contributed by atoms with Gasteiger partial charge in [-0.05, 0) is 50.8 Å². The van der Waals surface area contributed by atoms with E-state index in [0.29, 0.717) is 18.7 Å². The maximum atomic E-state index is 12.0. The summed E-state index contributed by atoms with van der Waals surface area (Å²) in [7, 11) is 0. The van der Waals surface area contributed by atoms with Crippen molar-refractivity contribution in [3.63, 3.8) is 0 Å². The number of aromatic nitrogens is 3. The molecule has 2 aromatic rings. The molecular formula is C20H29N5O2. The smallest absolute Gasteiger partial charge is 0.273 e. The maximum absolute atomic E-state index is 12.0. The molecule has 1 atom stereocenters. The zero-order valence-corrected chi connectivity index (χ0v) is 15.8. The molecule has 0 radical (unpaired) electrons. The van der Waals surface area contributed by atoms with Gasteiger partial charge in [-0.15, -0.1) is 5.10 Å². The Balaban J connectivity index is 1.47. The Labute approximate surface area is 160 Å². The molecule has 1 aromatic heterocycles. The number of nitrogens with zero attached hydrogens (tertiary/aromatic N) is 4. The van der Waals surface area contributed by atoms with Crippen LogP contribution < -0.4 is 5.32 Å². The van der Waals surface area contributed by atoms with Crippen LogP contribution >= 0.6 is 0 Å².